The van der Waals surface area contributed by atoms with Gasteiger partial charge in [-0.3, -0.25) is 5.43 Å². The lowest BCUT2D eigenvalue weighted by molar-refractivity contribution is 0.628. The Morgan fingerprint density at radius 1 is 1.08 bits per heavy atom. The van der Waals surface area contributed by atoms with E-state index in [2.05, 4.69) is 46.7 Å². The van der Waals surface area contributed by atoms with E-state index >= 15 is 0 Å². The second kappa shape index (κ2) is 8.98. The van der Waals surface area contributed by atoms with Gasteiger partial charge >= 0.3 is 0 Å². The minimum atomic E-state index is -0.286. The summed E-state index contributed by atoms with van der Waals surface area (Å²) in [4.78, 5) is 2.28. The van der Waals surface area contributed by atoms with E-state index in [1.807, 2.05) is 12.1 Å². The molecule has 0 aliphatic carbocycles. The molecule has 24 heavy (non-hydrogen) atoms. The number of rotatable bonds is 6. The number of hydrogen-bond donors (Lipinski definition) is 2. The Hall–Kier alpha value is -2.47. The minimum absolute atomic E-state index is 0.286. The quantitative estimate of drug-likeness (QED) is 0.472. The first kappa shape index (κ1) is 17.9. The van der Waals surface area contributed by atoms with Gasteiger partial charge in [0.2, 0.25) is 0 Å². The first-order valence-electron chi connectivity index (χ1n) is 7.83. The number of hydrazone groups is 1. The Bertz CT molecular complexity index is 679. The number of nitrogens with one attached hydrogen (secondary N) is 2. The molecule has 0 saturated heterocycles. The summed E-state index contributed by atoms with van der Waals surface area (Å²) in [5, 5.41) is 7.38. The number of hydrogen-bond acceptors (Lipinski definition) is 3. The van der Waals surface area contributed by atoms with Crippen molar-refractivity contribution in [2.24, 2.45) is 5.10 Å². The van der Waals surface area contributed by atoms with E-state index in [4.69, 9.17) is 12.2 Å². The lowest BCUT2D eigenvalue weighted by Gasteiger charge is -2.20. The van der Waals surface area contributed by atoms with E-state index in [-0.39, 0.29) is 5.82 Å². The van der Waals surface area contributed by atoms with Crippen LogP contribution in [0.3, 0.4) is 0 Å². The fourth-order valence-corrected chi connectivity index (χ4v) is 2.39. The summed E-state index contributed by atoms with van der Waals surface area (Å²) in [5.74, 6) is -0.286. The molecule has 0 spiro atoms. The van der Waals surface area contributed by atoms with Crippen molar-refractivity contribution in [1.29, 1.82) is 0 Å². The molecule has 2 rings (SSSR count). The van der Waals surface area contributed by atoms with E-state index in [0.717, 1.165) is 18.7 Å². The van der Waals surface area contributed by atoms with Crippen molar-refractivity contribution < 1.29 is 4.39 Å². The van der Waals surface area contributed by atoms with Gasteiger partial charge in [0.05, 0.1) is 6.21 Å². The van der Waals surface area contributed by atoms with Crippen molar-refractivity contribution >= 4 is 34.9 Å². The maximum Gasteiger partial charge on any atom is 0.191 e. The zero-order valence-electron chi connectivity index (χ0n) is 13.8. The fraction of sp³-hybridized carbons (Fsp3) is 0.222. The van der Waals surface area contributed by atoms with Gasteiger partial charge in [-0.05, 0) is 68.0 Å². The van der Waals surface area contributed by atoms with Crippen molar-refractivity contribution in [3.05, 3.63) is 59.9 Å². The molecule has 4 nitrogen and oxygen atoms in total. The van der Waals surface area contributed by atoms with Crippen LogP contribution in [0.15, 0.2) is 53.6 Å². The molecule has 2 aromatic rings. The molecule has 0 fully saturated rings. The molecule has 2 aromatic carbocycles. The van der Waals surface area contributed by atoms with E-state index in [1.165, 1.54) is 17.8 Å². The highest BCUT2D eigenvalue weighted by Gasteiger charge is 2.00. The third-order valence-corrected chi connectivity index (χ3v) is 3.70. The lowest BCUT2D eigenvalue weighted by atomic mass is 10.2. The van der Waals surface area contributed by atoms with Crippen LogP contribution in [0.4, 0.5) is 15.8 Å². The molecule has 0 aromatic heterocycles. The highest BCUT2D eigenvalue weighted by Crippen LogP contribution is 2.14. The number of halogens is 1. The van der Waals surface area contributed by atoms with Gasteiger partial charge in [-0.25, -0.2) is 4.39 Å². The summed E-state index contributed by atoms with van der Waals surface area (Å²) in [6.45, 7) is 6.24. The standard InChI is InChI=1S/C18H21FN4S/c1-3-23(4-2)17-11-5-14(6-12-17)13-20-22-18(24)21-16-9-7-15(19)8-10-16/h5-13H,3-4H2,1-2H3,(H2,21,22,24). The van der Waals surface area contributed by atoms with Crippen molar-refractivity contribution in [3.8, 4) is 0 Å². The molecule has 0 aliphatic heterocycles. The Morgan fingerprint density at radius 2 is 1.71 bits per heavy atom. The van der Waals surface area contributed by atoms with Gasteiger partial charge in [-0.2, -0.15) is 5.10 Å². The van der Waals surface area contributed by atoms with Gasteiger partial charge in [0.1, 0.15) is 5.82 Å². The Balaban J connectivity index is 1.86. The van der Waals surface area contributed by atoms with Gasteiger partial charge in [0.15, 0.2) is 5.11 Å². The van der Waals surface area contributed by atoms with Gasteiger partial charge < -0.3 is 10.2 Å². The molecule has 0 atom stereocenters. The second-order valence-electron chi connectivity index (χ2n) is 5.09. The van der Waals surface area contributed by atoms with Crippen LogP contribution in [-0.4, -0.2) is 24.4 Å². The normalized spacial score (nSPS) is 10.6. The average molecular weight is 344 g/mol. The predicted octanol–water partition coefficient (Wildman–Crippen LogP) is 3.99. The molecule has 0 saturated carbocycles. The first-order chi connectivity index (χ1) is 11.6. The van der Waals surface area contributed by atoms with Crippen LogP contribution >= 0.6 is 12.2 Å². The van der Waals surface area contributed by atoms with Crippen LogP contribution in [0.1, 0.15) is 19.4 Å². The Labute approximate surface area is 147 Å². The molecule has 0 heterocycles. The molecule has 0 aliphatic rings. The molecule has 0 unspecified atom stereocenters. The summed E-state index contributed by atoms with van der Waals surface area (Å²) < 4.78 is 12.8. The monoisotopic (exact) mass is 344 g/mol. The molecule has 0 amide bonds. The van der Waals surface area contributed by atoms with Gasteiger partial charge in [-0.15, -0.1) is 0 Å². The minimum Gasteiger partial charge on any atom is -0.372 e. The number of anilines is 2. The molecular formula is C18H21FN4S. The van der Waals surface area contributed by atoms with Crippen molar-refractivity contribution in [2.45, 2.75) is 13.8 Å². The fourth-order valence-electron chi connectivity index (χ4n) is 2.22. The molecule has 126 valence electrons. The zero-order chi connectivity index (χ0) is 17.4. The summed E-state index contributed by atoms with van der Waals surface area (Å²) in [7, 11) is 0. The van der Waals surface area contributed by atoms with Gasteiger partial charge in [-0.1, -0.05) is 12.1 Å². The van der Waals surface area contributed by atoms with E-state index < -0.39 is 0 Å². The number of thiocarbonyl (C=S) groups is 1. The summed E-state index contributed by atoms with van der Waals surface area (Å²) in [5.41, 5.74) is 5.61. The lowest BCUT2D eigenvalue weighted by Crippen LogP contribution is -2.23. The van der Waals surface area contributed by atoms with Crippen molar-refractivity contribution in [1.82, 2.24) is 5.43 Å². The number of nitrogens with zero attached hydrogens (tertiary/aromatic N) is 2. The van der Waals surface area contributed by atoms with Crippen molar-refractivity contribution in [3.63, 3.8) is 0 Å². The topological polar surface area (TPSA) is 39.7 Å². The summed E-state index contributed by atoms with van der Waals surface area (Å²) >= 11 is 5.13. The van der Waals surface area contributed by atoms with Crippen LogP contribution < -0.4 is 15.6 Å². The van der Waals surface area contributed by atoms with Gasteiger partial charge in [0.25, 0.3) is 0 Å². The largest absolute Gasteiger partial charge is 0.372 e. The molecule has 0 bridgehead atoms. The summed E-state index contributed by atoms with van der Waals surface area (Å²) in [6, 6.07) is 14.1. The van der Waals surface area contributed by atoms with Crippen LogP contribution in [0.25, 0.3) is 0 Å². The second-order valence-corrected chi connectivity index (χ2v) is 5.50. The average Bonchev–Trinajstić information content (AvgIpc) is 2.59. The molecule has 6 heteroatoms. The van der Waals surface area contributed by atoms with E-state index in [9.17, 15) is 4.39 Å². The third-order valence-electron chi connectivity index (χ3n) is 3.50. The van der Waals surface area contributed by atoms with E-state index in [0.29, 0.717) is 10.8 Å². The smallest absolute Gasteiger partial charge is 0.191 e. The molecular weight excluding hydrogens is 323 g/mol. The van der Waals surface area contributed by atoms with Crippen LogP contribution in [0, 0.1) is 5.82 Å². The zero-order valence-corrected chi connectivity index (χ0v) is 14.6. The van der Waals surface area contributed by atoms with Gasteiger partial charge in [0, 0.05) is 24.5 Å². The highest BCUT2D eigenvalue weighted by molar-refractivity contribution is 7.80. The SMILES string of the molecule is CCN(CC)c1ccc(C=NNC(=S)Nc2ccc(F)cc2)cc1. The van der Waals surface area contributed by atoms with Crippen molar-refractivity contribution in [2.75, 3.05) is 23.3 Å². The van der Waals surface area contributed by atoms with E-state index in [1.54, 1.807) is 18.3 Å². The highest BCUT2D eigenvalue weighted by atomic mass is 32.1. The van der Waals surface area contributed by atoms with Crippen LogP contribution in [-0.2, 0) is 0 Å². The Kier molecular flexibility index (Phi) is 6.69. The van der Waals surface area contributed by atoms with Crippen LogP contribution in [0.5, 0.6) is 0 Å². The molecule has 2 N–H and O–H groups in total. The third kappa shape index (κ3) is 5.31. The number of benzene rings is 2. The Morgan fingerprint density at radius 3 is 2.29 bits per heavy atom. The first-order valence-corrected chi connectivity index (χ1v) is 8.23. The predicted molar refractivity (Wildman–Crippen MR) is 103 cm³/mol. The van der Waals surface area contributed by atoms with Crippen LogP contribution in [0.2, 0.25) is 0 Å². The maximum absolute atomic E-state index is 12.8. The summed E-state index contributed by atoms with van der Waals surface area (Å²) in [6.07, 6.45) is 1.70. The molecule has 0 radical (unpaired) electrons. The maximum atomic E-state index is 12.8.